The first-order valence-corrected chi connectivity index (χ1v) is 5.34. The zero-order chi connectivity index (χ0) is 11.1. The number of carbonyl (C=O) groups is 1. The van der Waals surface area contributed by atoms with Gasteiger partial charge < -0.3 is 0 Å². The van der Waals surface area contributed by atoms with Crippen molar-refractivity contribution in [2.75, 3.05) is 0 Å². The third kappa shape index (κ3) is 1.43. The lowest BCUT2D eigenvalue weighted by molar-refractivity contribution is -0.130. The summed E-state index contributed by atoms with van der Waals surface area (Å²) in [6, 6.07) is 8.11. The summed E-state index contributed by atoms with van der Waals surface area (Å²) in [5.74, 6) is 0.358. The Morgan fingerprint density at radius 3 is 2.53 bits per heavy atom. The third-order valence-corrected chi connectivity index (χ3v) is 3.45. The van der Waals surface area contributed by atoms with Crippen LogP contribution >= 0.6 is 0 Å². The summed E-state index contributed by atoms with van der Waals surface area (Å²) in [7, 11) is 0. The van der Waals surface area contributed by atoms with E-state index in [-0.39, 0.29) is 5.41 Å². The minimum absolute atomic E-state index is 0.254. The van der Waals surface area contributed by atoms with E-state index in [4.69, 9.17) is 0 Å². The smallest absolute Gasteiger partial charge is 0.143 e. The molecule has 0 aliphatic heterocycles. The zero-order valence-electron chi connectivity index (χ0n) is 9.34. The lowest BCUT2D eigenvalue weighted by Gasteiger charge is -2.38. The molecule has 0 amide bonds. The van der Waals surface area contributed by atoms with Crippen LogP contribution in [0.4, 0.5) is 0 Å². The fourth-order valence-electron chi connectivity index (χ4n) is 2.22. The molecule has 0 heterocycles. The first-order chi connectivity index (χ1) is 7.05. The fourth-order valence-corrected chi connectivity index (χ4v) is 2.22. The van der Waals surface area contributed by atoms with E-state index < -0.39 is 0 Å². The highest BCUT2D eigenvalue weighted by molar-refractivity contribution is 5.96. The van der Waals surface area contributed by atoms with E-state index in [2.05, 4.69) is 18.7 Å². The Labute approximate surface area is 90.8 Å². The van der Waals surface area contributed by atoms with E-state index >= 15 is 0 Å². The molecule has 0 aromatic heterocycles. The molecule has 1 aliphatic rings. The monoisotopic (exact) mass is 200 g/mol. The summed E-state index contributed by atoms with van der Waals surface area (Å²) in [5, 5.41) is 0. The van der Waals surface area contributed by atoms with Crippen molar-refractivity contribution in [1.82, 2.24) is 0 Å². The Morgan fingerprint density at radius 2 is 2.07 bits per heavy atom. The molecule has 1 aromatic carbocycles. The van der Waals surface area contributed by atoms with Crippen LogP contribution in [0.3, 0.4) is 0 Å². The molecule has 0 radical (unpaired) electrons. The molecular formula is C14H16O. The molecule has 1 nitrogen and oxygen atoms in total. The summed E-state index contributed by atoms with van der Waals surface area (Å²) in [4.78, 5) is 11.7. The Hall–Kier alpha value is -1.37. The van der Waals surface area contributed by atoms with Gasteiger partial charge in [-0.25, -0.2) is 0 Å². The van der Waals surface area contributed by atoms with Crippen molar-refractivity contribution in [3.63, 3.8) is 0 Å². The van der Waals surface area contributed by atoms with E-state index in [0.717, 1.165) is 29.5 Å². The average molecular weight is 200 g/mol. The predicted molar refractivity (Wildman–Crippen MR) is 62.7 cm³/mol. The molecule has 0 N–H and O–H groups in total. The van der Waals surface area contributed by atoms with E-state index in [1.54, 1.807) is 0 Å². The maximum absolute atomic E-state index is 11.7. The van der Waals surface area contributed by atoms with Crippen molar-refractivity contribution in [3.8, 4) is 0 Å². The van der Waals surface area contributed by atoms with E-state index in [1.807, 2.05) is 26.0 Å². The summed E-state index contributed by atoms with van der Waals surface area (Å²) in [5.41, 5.74) is 3.06. The largest absolute Gasteiger partial charge is 0.299 e. The van der Waals surface area contributed by atoms with Gasteiger partial charge in [0, 0.05) is 6.42 Å². The van der Waals surface area contributed by atoms with Gasteiger partial charge in [0.1, 0.15) is 5.78 Å². The van der Waals surface area contributed by atoms with Crippen LogP contribution in [0.25, 0.3) is 5.57 Å². The summed E-state index contributed by atoms with van der Waals surface area (Å²) >= 11 is 0. The maximum atomic E-state index is 11.7. The highest BCUT2D eigenvalue weighted by Crippen LogP contribution is 2.42. The maximum Gasteiger partial charge on any atom is 0.143 e. The number of Topliss-reactive ketones (excluding diaryl/α,β-unsaturated/α-hetero) is 1. The second-order valence-electron chi connectivity index (χ2n) is 4.58. The molecule has 1 aliphatic carbocycles. The van der Waals surface area contributed by atoms with Crippen molar-refractivity contribution in [2.24, 2.45) is 0 Å². The summed E-state index contributed by atoms with van der Waals surface area (Å²) < 4.78 is 0. The van der Waals surface area contributed by atoms with Crippen molar-refractivity contribution >= 4 is 11.4 Å². The van der Waals surface area contributed by atoms with Crippen molar-refractivity contribution in [1.29, 1.82) is 0 Å². The molecule has 0 bridgehead atoms. The normalized spacial score (nSPS) is 24.8. The van der Waals surface area contributed by atoms with Gasteiger partial charge in [-0.1, -0.05) is 36.4 Å². The first-order valence-electron chi connectivity index (χ1n) is 5.34. The molecule has 0 saturated heterocycles. The Kier molecular flexibility index (Phi) is 2.26. The van der Waals surface area contributed by atoms with Gasteiger partial charge in [-0.15, -0.1) is 0 Å². The quantitative estimate of drug-likeness (QED) is 0.715. The minimum atomic E-state index is -0.254. The van der Waals surface area contributed by atoms with Gasteiger partial charge in [0.15, 0.2) is 0 Å². The number of hydrogen-bond acceptors (Lipinski definition) is 1. The molecule has 1 unspecified atom stereocenters. The number of hydrogen-bond donors (Lipinski definition) is 0. The molecular weight excluding hydrogens is 184 g/mol. The molecule has 0 spiro atoms. The topological polar surface area (TPSA) is 17.1 Å². The number of rotatable bonds is 2. The fraction of sp³-hybridized carbons (Fsp3) is 0.357. The summed E-state index contributed by atoms with van der Waals surface area (Å²) in [6.45, 7) is 8.01. The molecule has 1 saturated carbocycles. The standard InChI is InChI=1S/C14H16O/c1-10(2)11-6-4-5-7-12(11)14(3)9-8-13(14)15/h4-7H,1,8-9H2,2-3H3. The van der Waals surface area contributed by atoms with Crippen LogP contribution in [0.15, 0.2) is 30.8 Å². The SMILES string of the molecule is C=C(C)c1ccccc1C1(C)CCC1=O. The van der Waals surface area contributed by atoms with Gasteiger partial charge in [-0.3, -0.25) is 4.79 Å². The van der Waals surface area contributed by atoms with Gasteiger partial charge in [-0.2, -0.15) is 0 Å². The average Bonchev–Trinajstić information content (AvgIpc) is 2.26. The molecule has 2 rings (SSSR count). The van der Waals surface area contributed by atoms with Crippen LogP contribution in [-0.2, 0) is 10.2 Å². The number of benzene rings is 1. The third-order valence-electron chi connectivity index (χ3n) is 3.45. The van der Waals surface area contributed by atoms with Crippen LogP contribution in [0.2, 0.25) is 0 Å². The highest BCUT2D eigenvalue weighted by atomic mass is 16.1. The summed E-state index contributed by atoms with van der Waals surface area (Å²) in [6.07, 6.45) is 1.69. The second kappa shape index (κ2) is 3.34. The molecule has 15 heavy (non-hydrogen) atoms. The first kappa shape index (κ1) is 10.2. The van der Waals surface area contributed by atoms with Gasteiger partial charge in [0.05, 0.1) is 5.41 Å². The number of allylic oxidation sites excluding steroid dienone is 1. The van der Waals surface area contributed by atoms with E-state index in [9.17, 15) is 4.79 Å². The van der Waals surface area contributed by atoms with Crippen molar-refractivity contribution in [2.45, 2.75) is 32.1 Å². The van der Waals surface area contributed by atoms with Gasteiger partial charge in [0.2, 0.25) is 0 Å². The second-order valence-corrected chi connectivity index (χ2v) is 4.58. The number of ketones is 1. The predicted octanol–water partition coefficient (Wildman–Crippen LogP) is 3.34. The molecule has 1 atom stereocenters. The Balaban J connectivity index is 2.53. The van der Waals surface area contributed by atoms with Crippen LogP contribution in [0.5, 0.6) is 0 Å². The van der Waals surface area contributed by atoms with Gasteiger partial charge in [0.25, 0.3) is 0 Å². The highest BCUT2D eigenvalue weighted by Gasteiger charge is 2.43. The lowest BCUT2D eigenvalue weighted by atomic mass is 9.63. The van der Waals surface area contributed by atoms with Crippen LogP contribution in [0.1, 0.15) is 37.8 Å². The van der Waals surface area contributed by atoms with Gasteiger partial charge in [-0.05, 0) is 31.4 Å². The van der Waals surface area contributed by atoms with E-state index in [1.165, 1.54) is 0 Å². The van der Waals surface area contributed by atoms with E-state index in [0.29, 0.717) is 5.78 Å². The van der Waals surface area contributed by atoms with Crippen LogP contribution < -0.4 is 0 Å². The number of carbonyl (C=O) groups excluding carboxylic acids is 1. The molecule has 1 heteroatoms. The zero-order valence-corrected chi connectivity index (χ0v) is 9.34. The van der Waals surface area contributed by atoms with Crippen LogP contribution in [-0.4, -0.2) is 5.78 Å². The molecule has 1 aromatic rings. The van der Waals surface area contributed by atoms with Crippen LogP contribution in [0, 0.1) is 0 Å². The molecule has 78 valence electrons. The lowest BCUT2D eigenvalue weighted by Crippen LogP contribution is -2.42. The molecule has 1 fully saturated rings. The Bertz CT molecular complexity index is 431. The Morgan fingerprint density at radius 1 is 1.40 bits per heavy atom. The minimum Gasteiger partial charge on any atom is -0.299 e. The van der Waals surface area contributed by atoms with Crippen molar-refractivity contribution < 1.29 is 4.79 Å². The van der Waals surface area contributed by atoms with Gasteiger partial charge >= 0.3 is 0 Å². The van der Waals surface area contributed by atoms with Crippen molar-refractivity contribution in [3.05, 3.63) is 42.0 Å².